The van der Waals surface area contributed by atoms with Gasteiger partial charge in [0.2, 0.25) is 0 Å². The van der Waals surface area contributed by atoms with Crippen LogP contribution in [0.15, 0.2) is 48.7 Å². The number of para-hydroxylation sites is 1. The average Bonchev–Trinajstić information content (AvgIpc) is 3.42. The van der Waals surface area contributed by atoms with Gasteiger partial charge in [0.15, 0.2) is 0 Å². The minimum Gasteiger partial charge on any atom is -0.380 e. The Hall–Kier alpha value is -2.40. The van der Waals surface area contributed by atoms with Crippen molar-refractivity contribution in [1.29, 1.82) is 0 Å². The van der Waals surface area contributed by atoms with Gasteiger partial charge in [-0.1, -0.05) is 24.3 Å². The van der Waals surface area contributed by atoms with Gasteiger partial charge in [0.05, 0.1) is 18.3 Å². The van der Waals surface area contributed by atoms with Gasteiger partial charge in [-0.2, -0.15) is 0 Å². The molecule has 5 heteroatoms. The molecule has 1 aromatic carbocycles. The van der Waals surface area contributed by atoms with Crippen molar-refractivity contribution in [2.75, 3.05) is 12.4 Å². The highest BCUT2D eigenvalue weighted by Crippen LogP contribution is 2.34. The lowest BCUT2D eigenvalue weighted by Crippen LogP contribution is -2.39. The summed E-state index contributed by atoms with van der Waals surface area (Å²) < 4.78 is 5.21. The van der Waals surface area contributed by atoms with E-state index in [9.17, 15) is 4.79 Å². The van der Waals surface area contributed by atoms with Gasteiger partial charge in [-0.15, -0.1) is 0 Å². The van der Waals surface area contributed by atoms with Crippen molar-refractivity contribution in [3.05, 3.63) is 59.9 Å². The van der Waals surface area contributed by atoms with Gasteiger partial charge >= 0.3 is 6.03 Å². The Labute approximate surface area is 142 Å². The minimum absolute atomic E-state index is 0.0618. The van der Waals surface area contributed by atoms with E-state index >= 15 is 0 Å². The number of anilines is 1. The number of nitrogens with one attached hydrogen (secondary N) is 1. The van der Waals surface area contributed by atoms with Crippen molar-refractivity contribution in [3.8, 4) is 0 Å². The van der Waals surface area contributed by atoms with Gasteiger partial charge in [-0.3, -0.25) is 4.98 Å². The van der Waals surface area contributed by atoms with Crippen LogP contribution in [-0.2, 0) is 11.3 Å². The van der Waals surface area contributed by atoms with Crippen molar-refractivity contribution in [1.82, 2.24) is 9.88 Å². The number of benzene rings is 1. The number of rotatable bonds is 6. The lowest BCUT2D eigenvalue weighted by Gasteiger charge is -2.29. The van der Waals surface area contributed by atoms with Crippen LogP contribution in [-0.4, -0.2) is 29.1 Å². The number of amides is 2. The Bertz CT molecular complexity index is 686. The van der Waals surface area contributed by atoms with Gasteiger partial charge in [-0.05, 0) is 38.0 Å². The predicted molar refractivity (Wildman–Crippen MR) is 93.7 cm³/mol. The number of aromatic nitrogens is 1. The highest BCUT2D eigenvalue weighted by Gasteiger charge is 2.36. The first-order valence-electron chi connectivity index (χ1n) is 8.27. The molecule has 0 bridgehead atoms. The second-order valence-electron chi connectivity index (χ2n) is 6.09. The largest absolute Gasteiger partial charge is 0.380 e. The number of nitrogens with zero attached hydrogens (tertiary/aromatic N) is 2. The molecule has 0 unspecified atom stereocenters. The Morgan fingerprint density at radius 1 is 1.29 bits per heavy atom. The zero-order valence-corrected chi connectivity index (χ0v) is 14.1. The summed E-state index contributed by atoms with van der Waals surface area (Å²) >= 11 is 0. The summed E-state index contributed by atoms with van der Waals surface area (Å²) in [7, 11) is 1.65. The SMILES string of the molecule is COCc1ccccc1NC(=O)N(C1CC1)[C@@H](C)c1ccccn1. The van der Waals surface area contributed by atoms with Crippen LogP contribution >= 0.6 is 0 Å². The summed E-state index contributed by atoms with van der Waals surface area (Å²) in [6.45, 7) is 2.50. The second kappa shape index (κ2) is 7.45. The van der Waals surface area contributed by atoms with E-state index < -0.39 is 0 Å². The molecule has 5 nitrogen and oxygen atoms in total. The summed E-state index contributed by atoms with van der Waals surface area (Å²) in [6.07, 6.45) is 3.86. The molecule has 2 amide bonds. The quantitative estimate of drug-likeness (QED) is 0.874. The smallest absolute Gasteiger partial charge is 0.322 e. The lowest BCUT2D eigenvalue weighted by atomic mass is 10.1. The van der Waals surface area contributed by atoms with Gasteiger partial charge in [0, 0.05) is 30.6 Å². The molecule has 0 saturated heterocycles. The summed E-state index contributed by atoms with van der Waals surface area (Å²) in [5, 5.41) is 3.05. The van der Waals surface area contributed by atoms with Crippen LogP contribution in [0.25, 0.3) is 0 Å². The molecule has 0 aliphatic heterocycles. The molecule has 1 N–H and O–H groups in total. The molecule has 1 aliphatic rings. The van der Waals surface area contributed by atoms with E-state index in [1.165, 1.54) is 0 Å². The fourth-order valence-electron chi connectivity index (χ4n) is 2.88. The fraction of sp³-hybridized carbons (Fsp3) is 0.368. The number of hydrogen-bond acceptors (Lipinski definition) is 3. The third kappa shape index (κ3) is 3.74. The summed E-state index contributed by atoms with van der Waals surface area (Å²) in [5.41, 5.74) is 2.67. The Balaban J connectivity index is 1.79. The van der Waals surface area contributed by atoms with Crippen molar-refractivity contribution < 1.29 is 9.53 Å². The Morgan fingerprint density at radius 3 is 2.71 bits per heavy atom. The number of urea groups is 1. The molecule has 1 atom stereocenters. The van der Waals surface area contributed by atoms with Gasteiger partial charge in [0.25, 0.3) is 0 Å². The second-order valence-corrected chi connectivity index (χ2v) is 6.09. The summed E-state index contributed by atoms with van der Waals surface area (Å²) in [4.78, 5) is 19.2. The van der Waals surface area contributed by atoms with Crippen LogP contribution in [0.1, 0.15) is 37.1 Å². The molecule has 1 saturated carbocycles. The summed E-state index contributed by atoms with van der Waals surface area (Å²) in [5.74, 6) is 0. The van der Waals surface area contributed by atoms with Crippen LogP contribution in [0.3, 0.4) is 0 Å². The molecule has 0 radical (unpaired) electrons. The van der Waals surface area contributed by atoms with E-state index in [1.54, 1.807) is 13.3 Å². The van der Waals surface area contributed by atoms with Crippen molar-refractivity contribution in [2.24, 2.45) is 0 Å². The maximum absolute atomic E-state index is 12.9. The maximum Gasteiger partial charge on any atom is 0.322 e. The molecule has 0 spiro atoms. The number of carbonyl (C=O) groups is 1. The van der Waals surface area contributed by atoms with Crippen LogP contribution in [0.4, 0.5) is 10.5 Å². The fourth-order valence-corrected chi connectivity index (χ4v) is 2.88. The van der Waals surface area contributed by atoms with Crippen LogP contribution in [0.5, 0.6) is 0 Å². The van der Waals surface area contributed by atoms with E-state index in [2.05, 4.69) is 10.3 Å². The van der Waals surface area contributed by atoms with Crippen LogP contribution < -0.4 is 5.32 Å². The van der Waals surface area contributed by atoms with Crippen molar-refractivity contribution in [3.63, 3.8) is 0 Å². The number of hydrogen-bond donors (Lipinski definition) is 1. The first kappa shape index (κ1) is 16.5. The molecule has 1 aliphatic carbocycles. The lowest BCUT2D eigenvalue weighted by molar-refractivity contribution is 0.183. The third-order valence-electron chi connectivity index (χ3n) is 4.27. The number of methoxy groups -OCH3 is 1. The highest BCUT2D eigenvalue weighted by atomic mass is 16.5. The summed E-state index contributed by atoms with van der Waals surface area (Å²) in [6, 6.07) is 13.7. The first-order chi connectivity index (χ1) is 11.7. The monoisotopic (exact) mass is 325 g/mol. The van der Waals surface area contributed by atoms with Gasteiger partial charge in [0.1, 0.15) is 0 Å². The molecule has 1 fully saturated rings. The molecule has 1 heterocycles. The van der Waals surface area contributed by atoms with Crippen molar-refractivity contribution in [2.45, 2.75) is 38.5 Å². The van der Waals surface area contributed by atoms with E-state index in [-0.39, 0.29) is 18.1 Å². The zero-order chi connectivity index (χ0) is 16.9. The number of ether oxygens (including phenoxy) is 1. The molecule has 2 aromatic rings. The van der Waals surface area contributed by atoms with Crippen LogP contribution in [0, 0.1) is 0 Å². The Morgan fingerprint density at radius 2 is 2.04 bits per heavy atom. The zero-order valence-electron chi connectivity index (χ0n) is 14.1. The Kier molecular flexibility index (Phi) is 5.11. The molecular formula is C19H23N3O2. The number of pyridine rings is 1. The van der Waals surface area contributed by atoms with E-state index in [0.717, 1.165) is 29.8 Å². The van der Waals surface area contributed by atoms with Gasteiger partial charge in [-0.25, -0.2) is 4.79 Å². The van der Waals surface area contributed by atoms with E-state index in [0.29, 0.717) is 6.61 Å². The first-order valence-corrected chi connectivity index (χ1v) is 8.27. The van der Waals surface area contributed by atoms with Gasteiger partial charge < -0.3 is 15.0 Å². The standard InChI is InChI=1S/C19H23N3O2/c1-14(17-8-5-6-12-20-17)22(16-10-11-16)19(23)21-18-9-4-3-7-15(18)13-24-2/h3-9,12,14,16H,10-11,13H2,1-2H3,(H,21,23)/t14-/m0/s1. The van der Waals surface area contributed by atoms with Crippen LogP contribution in [0.2, 0.25) is 0 Å². The normalized spacial score (nSPS) is 14.9. The predicted octanol–water partition coefficient (Wildman–Crippen LogP) is 3.99. The third-order valence-corrected chi connectivity index (χ3v) is 4.27. The molecular weight excluding hydrogens is 302 g/mol. The number of carbonyl (C=O) groups excluding carboxylic acids is 1. The molecule has 126 valence electrons. The van der Waals surface area contributed by atoms with Crippen molar-refractivity contribution >= 4 is 11.7 Å². The average molecular weight is 325 g/mol. The minimum atomic E-state index is -0.0841. The van der Waals surface area contributed by atoms with E-state index in [1.807, 2.05) is 54.3 Å². The topological polar surface area (TPSA) is 54.5 Å². The molecule has 1 aromatic heterocycles. The van der Waals surface area contributed by atoms with E-state index in [4.69, 9.17) is 4.74 Å². The molecule has 24 heavy (non-hydrogen) atoms. The molecule has 3 rings (SSSR count). The maximum atomic E-state index is 12.9. The highest BCUT2D eigenvalue weighted by molar-refractivity contribution is 5.90.